The molecule has 23 nitrogen and oxygen atoms in total. The van der Waals surface area contributed by atoms with Crippen molar-refractivity contribution in [3.63, 3.8) is 0 Å². The van der Waals surface area contributed by atoms with Crippen molar-refractivity contribution in [2.24, 2.45) is 23.7 Å². The Morgan fingerprint density at radius 3 is 1.22 bits per heavy atom. The molecule has 1 aliphatic heterocycles. The van der Waals surface area contributed by atoms with E-state index in [9.17, 15) is 53.2 Å². The lowest BCUT2D eigenvalue weighted by Crippen LogP contribution is -2.31. The van der Waals surface area contributed by atoms with E-state index in [1.807, 2.05) is 6.07 Å². The van der Waals surface area contributed by atoms with Gasteiger partial charge in [0.05, 0.1) is 102 Å². The zero-order valence-corrected chi connectivity index (χ0v) is 53.6. The normalized spacial score (nSPS) is 18.0. The molecule has 2 aliphatic carbocycles. The zero-order valence-electron chi connectivity index (χ0n) is 51.9. The Balaban J connectivity index is 0.914. The summed E-state index contributed by atoms with van der Waals surface area (Å²) in [6, 6.07) is 15.4. The number of thioether (sulfide) groups is 2. The van der Waals surface area contributed by atoms with E-state index in [2.05, 4.69) is 18.0 Å². The Labute approximate surface area is 541 Å². The number of nitriles is 1. The van der Waals surface area contributed by atoms with Crippen LogP contribution in [-0.4, -0.2) is 111 Å². The van der Waals surface area contributed by atoms with Gasteiger partial charge in [0.2, 0.25) is 0 Å². The first-order chi connectivity index (χ1) is 44.1. The number of allylic oxidation sites excluding steroid dienone is 1. The first-order valence-corrected chi connectivity index (χ1v) is 31.7. The predicted molar refractivity (Wildman–Crippen MR) is 330 cm³/mol. The van der Waals surface area contributed by atoms with Gasteiger partial charge in [0, 0.05) is 25.0 Å². The second-order valence-electron chi connectivity index (χ2n) is 22.1. The van der Waals surface area contributed by atoms with Crippen LogP contribution in [-0.2, 0) is 93.9 Å². The molecule has 3 unspecified atom stereocenters. The van der Waals surface area contributed by atoms with Gasteiger partial charge in [-0.15, -0.1) is 0 Å². The molecular formula is C67H74N2O21S2. The van der Waals surface area contributed by atoms with Gasteiger partial charge in [-0.3, -0.25) is 38.4 Å². The van der Waals surface area contributed by atoms with Crippen LogP contribution in [0.1, 0.15) is 120 Å². The van der Waals surface area contributed by atoms with E-state index in [1.54, 1.807) is 83.1 Å². The third-order valence-electron chi connectivity index (χ3n) is 15.1. The van der Waals surface area contributed by atoms with Crippen molar-refractivity contribution in [3.8, 4) is 29.1 Å². The van der Waals surface area contributed by atoms with Gasteiger partial charge in [0.25, 0.3) is 5.70 Å². The maximum absolute atomic E-state index is 13.9. The fourth-order valence-corrected chi connectivity index (χ4v) is 12.3. The van der Waals surface area contributed by atoms with Crippen molar-refractivity contribution in [1.82, 2.24) is 0 Å². The molecule has 3 atom stereocenters. The number of hydrogen-bond donors (Lipinski definition) is 0. The molecular weight excluding hydrogens is 1230 g/mol. The lowest BCUT2D eigenvalue weighted by molar-refractivity contribution is -0.156. The molecule has 25 heteroatoms. The lowest BCUT2D eigenvalue weighted by atomic mass is 9.82. The smallest absolute Gasteiger partial charge is 0.330 e. The predicted octanol–water partition coefficient (Wildman–Crippen LogP) is 10.2. The molecule has 0 aromatic heterocycles. The minimum absolute atomic E-state index is 0.0477. The minimum Gasteiger partial charge on any atom is -0.465 e. The van der Waals surface area contributed by atoms with E-state index in [0.29, 0.717) is 101 Å². The van der Waals surface area contributed by atoms with E-state index in [1.165, 1.54) is 0 Å². The SMILES string of the molecule is [C-]#[N+]/C(C#N)=C1/Sc2c(OC(=O)C3CCC(C(=O)Oc4ccc(CCOC(=O)CCC(=O)OCC(C)OCC(C)OC(=O)C=C)cc4)CC3)c(C)c(C)c(OC(=O)C3CCC(C(=O)Oc4ccc(CCOC(=O)CCC(=O)OCC(C)OC(=O)C=C)cc4)CC3)c2S1. The quantitative estimate of drug-likeness (QED) is 0.0144. The van der Waals surface area contributed by atoms with Gasteiger partial charge in [0.15, 0.2) is 0 Å². The van der Waals surface area contributed by atoms with Gasteiger partial charge in [-0.25, -0.2) is 19.7 Å². The highest BCUT2D eigenvalue weighted by atomic mass is 32.2. The summed E-state index contributed by atoms with van der Waals surface area (Å²) in [4.78, 5) is 130. The largest absolute Gasteiger partial charge is 0.465 e. The number of hydrogen-bond acceptors (Lipinski definition) is 24. The molecule has 92 heavy (non-hydrogen) atoms. The monoisotopic (exact) mass is 1310 g/mol. The molecule has 0 N–H and O–H groups in total. The Hall–Kier alpha value is -8.78. The second-order valence-corrected chi connectivity index (χ2v) is 24.4. The van der Waals surface area contributed by atoms with Crippen LogP contribution in [0.3, 0.4) is 0 Å². The summed E-state index contributed by atoms with van der Waals surface area (Å²) in [7, 11) is 0. The van der Waals surface area contributed by atoms with Crippen LogP contribution < -0.4 is 18.9 Å². The average Bonchev–Trinajstić information content (AvgIpc) is 1.57. The molecule has 3 aliphatic rings. The molecule has 2 fully saturated rings. The molecule has 3 aromatic rings. The number of nitrogens with zero attached hydrogens (tertiary/aromatic N) is 2. The number of esters is 10. The summed E-state index contributed by atoms with van der Waals surface area (Å²) in [5.74, 6) is -6.56. The highest BCUT2D eigenvalue weighted by Gasteiger charge is 2.38. The highest BCUT2D eigenvalue weighted by Crippen LogP contribution is 2.61. The van der Waals surface area contributed by atoms with Crippen molar-refractivity contribution in [2.45, 2.75) is 153 Å². The molecule has 6 rings (SSSR count). The van der Waals surface area contributed by atoms with Crippen LogP contribution >= 0.6 is 23.5 Å². The van der Waals surface area contributed by atoms with E-state index >= 15 is 0 Å². The summed E-state index contributed by atoms with van der Waals surface area (Å²) in [6.45, 7) is 22.6. The summed E-state index contributed by atoms with van der Waals surface area (Å²) in [5, 5.41) is 9.83. The number of ether oxygens (including phenoxy) is 11. The van der Waals surface area contributed by atoms with Crippen LogP contribution in [0.4, 0.5) is 0 Å². The van der Waals surface area contributed by atoms with E-state index < -0.39 is 102 Å². The topological polar surface area (TPSA) is 300 Å². The van der Waals surface area contributed by atoms with Crippen molar-refractivity contribution in [3.05, 3.63) is 117 Å². The Kier molecular flexibility index (Phi) is 28.5. The van der Waals surface area contributed by atoms with Crippen molar-refractivity contribution >= 4 is 83.2 Å². The van der Waals surface area contributed by atoms with Crippen LogP contribution in [0.25, 0.3) is 4.85 Å². The van der Waals surface area contributed by atoms with Crippen LogP contribution in [0, 0.1) is 55.4 Å². The van der Waals surface area contributed by atoms with E-state index in [0.717, 1.165) is 46.8 Å². The summed E-state index contributed by atoms with van der Waals surface area (Å²) in [5.41, 5.74) is 2.45. The number of carbonyl (C=O) groups is 10. The number of rotatable bonds is 31. The molecule has 1 heterocycles. The van der Waals surface area contributed by atoms with Gasteiger partial charge < -0.3 is 52.1 Å². The minimum atomic E-state index is -0.676. The Morgan fingerprint density at radius 1 is 0.533 bits per heavy atom. The molecule has 490 valence electrons. The molecule has 3 aromatic carbocycles. The van der Waals surface area contributed by atoms with Gasteiger partial charge in [-0.1, -0.05) is 60.9 Å². The molecule has 0 radical (unpaired) electrons. The zero-order chi connectivity index (χ0) is 66.9. The standard InChI is InChI=1S/C67H74N2O21S2/c1-9-53(70)85-40(4)37-82-39(3)36-83-57(74)29-27-55(72)80-33-31-44-11-23-50(24-12-44)87-63(76)46-15-19-48(20-16-46)65(78)89-59-42(6)43(7)60(62-61(59)91-67(92-62)52(35-68)69-8)90-66(79)49-21-17-47(18-22-49)64(77)88-51-25-13-45(14-26-51)32-34-81-56(73)28-30-58(75)84-38-41(5)86-54(71)10-2/h9-14,23-26,39-41,46-49H,1-2,15-22,27-34,36-38H2,3-7H3/b67-52-. The first-order valence-electron chi connectivity index (χ1n) is 30.1. The van der Waals surface area contributed by atoms with Gasteiger partial charge in [-0.2, -0.15) is 0 Å². The molecule has 0 saturated heterocycles. The third kappa shape index (κ3) is 22.6. The Morgan fingerprint density at radius 2 is 0.870 bits per heavy atom. The fourth-order valence-electron chi connectivity index (χ4n) is 9.67. The van der Waals surface area contributed by atoms with Crippen molar-refractivity contribution < 1.29 is 100 Å². The highest BCUT2D eigenvalue weighted by molar-refractivity contribution is 8.24. The third-order valence-corrected chi connectivity index (χ3v) is 17.6. The van der Waals surface area contributed by atoms with Crippen LogP contribution in [0.5, 0.6) is 23.0 Å². The number of benzene rings is 3. The van der Waals surface area contributed by atoms with E-state index in [-0.39, 0.29) is 75.9 Å². The second kappa shape index (κ2) is 36.3. The summed E-state index contributed by atoms with van der Waals surface area (Å²) in [6.07, 6.45) is 3.14. The van der Waals surface area contributed by atoms with Gasteiger partial charge >= 0.3 is 59.7 Å². The Bertz CT molecular complexity index is 3310. The van der Waals surface area contributed by atoms with E-state index in [4.69, 9.17) is 58.7 Å². The molecule has 0 spiro atoms. The fraction of sp³-hybridized carbons (Fsp3) is 0.463. The number of carbonyl (C=O) groups excluding carboxylic acids is 10. The maximum atomic E-state index is 13.9. The van der Waals surface area contributed by atoms with Gasteiger partial charge in [-0.05, 0) is 133 Å². The summed E-state index contributed by atoms with van der Waals surface area (Å²) < 4.78 is 60.2. The first kappa shape index (κ1) is 72.3. The molecule has 0 amide bonds. The van der Waals surface area contributed by atoms with Crippen LogP contribution in [0.15, 0.2) is 93.6 Å². The lowest BCUT2D eigenvalue weighted by Gasteiger charge is -2.27. The van der Waals surface area contributed by atoms with Crippen molar-refractivity contribution in [1.29, 1.82) is 5.26 Å². The molecule has 0 bridgehead atoms. The van der Waals surface area contributed by atoms with Crippen LogP contribution in [0.2, 0.25) is 0 Å². The summed E-state index contributed by atoms with van der Waals surface area (Å²) >= 11 is 2.16. The number of fused-ring (bicyclic) bond motifs is 1. The van der Waals surface area contributed by atoms with Crippen molar-refractivity contribution in [2.75, 3.05) is 33.0 Å². The maximum Gasteiger partial charge on any atom is 0.330 e. The van der Waals surface area contributed by atoms with Gasteiger partial charge in [0.1, 0.15) is 48.4 Å². The molecule has 2 saturated carbocycles. The average molecular weight is 1310 g/mol.